The number of hydrogen-bond donors (Lipinski definition) is 3. The summed E-state index contributed by atoms with van der Waals surface area (Å²) in [5.41, 5.74) is 5.80. The van der Waals surface area contributed by atoms with Crippen LogP contribution in [-0.4, -0.2) is 23.7 Å². The summed E-state index contributed by atoms with van der Waals surface area (Å²) in [6.07, 6.45) is -0.0234. The minimum absolute atomic E-state index is 0.0866. The highest BCUT2D eigenvalue weighted by Crippen LogP contribution is 2.12. The summed E-state index contributed by atoms with van der Waals surface area (Å²) in [4.78, 5) is 11.6. The van der Waals surface area contributed by atoms with Crippen molar-refractivity contribution in [2.75, 3.05) is 12.3 Å². The van der Waals surface area contributed by atoms with Crippen molar-refractivity contribution in [3.63, 3.8) is 0 Å². The molecule has 88 valence electrons. The minimum Gasteiger partial charge on any atom is -0.398 e. The van der Waals surface area contributed by atoms with Gasteiger partial charge >= 0.3 is 0 Å². The van der Waals surface area contributed by atoms with Crippen LogP contribution in [0, 0.1) is 5.82 Å². The molecule has 0 saturated heterocycles. The van der Waals surface area contributed by atoms with Crippen molar-refractivity contribution in [1.82, 2.24) is 5.32 Å². The number of anilines is 1. The highest BCUT2D eigenvalue weighted by Gasteiger charge is 2.11. The molecule has 0 aliphatic heterocycles. The van der Waals surface area contributed by atoms with Gasteiger partial charge in [0.05, 0.1) is 11.7 Å². The van der Waals surface area contributed by atoms with Gasteiger partial charge in [-0.05, 0) is 24.6 Å². The van der Waals surface area contributed by atoms with E-state index in [-0.39, 0.29) is 17.8 Å². The molecule has 0 aliphatic carbocycles. The molecule has 0 aromatic heterocycles. The molecule has 0 heterocycles. The molecule has 1 atom stereocenters. The lowest BCUT2D eigenvalue weighted by atomic mass is 10.1. The quantitative estimate of drug-likeness (QED) is 0.668. The number of halogens is 1. The number of nitrogens with two attached hydrogens (primary N) is 1. The molecule has 5 heteroatoms. The van der Waals surface area contributed by atoms with E-state index < -0.39 is 17.8 Å². The van der Waals surface area contributed by atoms with E-state index >= 15 is 0 Å². The smallest absolute Gasteiger partial charge is 0.253 e. The van der Waals surface area contributed by atoms with Crippen LogP contribution in [0.1, 0.15) is 23.7 Å². The summed E-state index contributed by atoms with van der Waals surface area (Å²) in [5, 5.41) is 11.8. The Morgan fingerprint density at radius 1 is 1.62 bits per heavy atom. The molecule has 1 aromatic rings. The zero-order chi connectivity index (χ0) is 12.1. The van der Waals surface area contributed by atoms with Crippen LogP contribution in [0.2, 0.25) is 0 Å². The van der Waals surface area contributed by atoms with E-state index in [0.717, 1.165) is 6.07 Å². The van der Waals surface area contributed by atoms with E-state index in [0.29, 0.717) is 6.42 Å². The monoisotopic (exact) mass is 226 g/mol. The Balaban J connectivity index is 2.66. The van der Waals surface area contributed by atoms with E-state index in [1.807, 2.05) is 6.92 Å². The standard InChI is InChI=1S/C11H15FN2O2/c1-2-8(15)6-14-11(16)9-4-3-7(12)5-10(9)13/h3-5,8,15H,2,6,13H2,1H3,(H,14,16). The Hall–Kier alpha value is -1.62. The maximum atomic E-state index is 12.7. The normalized spacial score (nSPS) is 12.2. The molecule has 0 aliphatic rings. The van der Waals surface area contributed by atoms with Crippen LogP contribution < -0.4 is 11.1 Å². The largest absolute Gasteiger partial charge is 0.398 e. The van der Waals surface area contributed by atoms with Crippen molar-refractivity contribution in [3.05, 3.63) is 29.6 Å². The van der Waals surface area contributed by atoms with Crippen LogP contribution in [0.5, 0.6) is 0 Å². The predicted molar refractivity (Wildman–Crippen MR) is 59.4 cm³/mol. The number of rotatable bonds is 4. The zero-order valence-corrected chi connectivity index (χ0v) is 9.03. The number of benzene rings is 1. The number of amides is 1. The Labute approximate surface area is 93.3 Å². The third-order valence-electron chi connectivity index (χ3n) is 2.23. The fourth-order valence-electron chi connectivity index (χ4n) is 1.19. The minimum atomic E-state index is -0.578. The highest BCUT2D eigenvalue weighted by molar-refractivity contribution is 5.99. The highest BCUT2D eigenvalue weighted by atomic mass is 19.1. The topological polar surface area (TPSA) is 75.3 Å². The summed E-state index contributed by atoms with van der Waals surface area (Å²) in [7, 11) is 0. The number of hydrogen-bond acceptors (Lipinski definition) is 3. The van der Waals surface area contributed by atoms with E-state index in [1.165, 1.54) is 12.1 Å². The lowest BCUT2D eigenvalue weighted by molar-refractivity contribution is 0.0914. The summed E-state index contributed by atoms with van der Waals surface area (Å²) in [5.74, 6) is -0.896. The fourth-order valence-corrected chi connectivity index (χ4v) is 1.19. The molecule has 1 aromatic carbocycles. The first-order valence-electron chi connectivity index (χ1n) is 5.06. The van der Waals surface area contributed by atoms with E-state index in [2.05, 4.69) is 5.32 Å². The van der Waals surface area contributed by atoms with Gasteiger partial charge in [-0.15, -0.1) is 0 Å². The summed E-state index contributed by atoms with van der Waals surface area (Å²) in [6, 6.07) is 3.57. The van der Waals surface area contributed by atoms with Gasteiger partial charge in [0, 0.05) is 12.2 Å². The number of nitrogen functional groups attached to an aromatic ring is 1. The molecule has 0 fully saturated rings. The number of aliphatic hydroxyl groups excluding tert-OH is 1. The average Bonchev–Trinajstić information content (AvgIpc) is 2.25. The van der Waals surface area contributed by atoms with Gasteiger partial charge in [0.15, 0.2) is 0 Å². The number of carbonyl (C=O) groups excluding carboxylic acids is 1. The van der Waals surface area contributed by atoms with E-state index in [4.69, 9.17) is 5.73 Å². The molecule has 1 amide bonds. The molecule has 1 unspecified atom stereocenters. The Bertz CT molecular complexity index is 382. The van der Waals surface area contributed by atoms with Gasteiger partial charge in [-0.1, -0.05) is 6.92 Å². The molecule has 0 saturated carbocycles. The molecule has 0 radical (unpaired) electrons. The van der Waals surface area contributed by atoms with Gasteiger partial charge in [0.25, 0.3) is 5.91 Å². The molecule has 1 rings (SSSR count). The lowest BCUT2D eigenvalue weighted by Gasteiger charge is -2.10. The van der Waals surface area contributed by atoms with Crippen LogP contribution in [0.15, 0.2) is 18.2 Å². The molecule has 0 spiro atoms. The summed E-state index contributed by atoms with van der Waals surface area (Å²) in [6.45, 7) is 1.97. The van der Waals surface area contributed by atoms with Gasteiger partial charge < -0.3 is 16.2 Å². The number of aliphatic hydroxyl groups is 1. The fraction of sp³-hybridized carbons (Fsp3) is 0.364. The molecule has 16 heavy (non-hydrogen) atoms. The summed E-state index contributed by atoms with van der Waals surface area (Å²) < 4.78 is 12.7. The van der Waals surface area contributed by atoms with E-state index in [9.17, 15) is 14.3 Å². The molecule has 4 nitrogen and oxygen atoms in total. The van der Waals surface area contributed by atoms with Crippen LogP contribution in [0.25, 0.3) is 0 Å². The zero-order valence-electron chi connectivity index (χ0n) is 9.03. The lowest BCUT2D eigenvalue weighted by Crippen LogP contribution is -2.32. The second-order valence-electron chi connectivity index (χ2n) is 3.50. The Morgan fingerprint density at radius 2 is 2.31 bits per heavy atom. The SMILES string of the molecule is CCC(O)CNC(=O)c1ccc(F)cc1N. The predicted octanol–water partition coefficient (Wildman–Crippen LogP) is 0.909. The summed E-state index contributed by atoms with van der Waals surface area (Å²) >= 11 is 0. The Kier molecular flexibility index (Phi) is 4.25. The van der Waals surface area contributed by atoms with Crippen molar-refractivity contribution < 1.29 is 14.3 Å². The van der Waals surface area contributed by atoms with E-state index in [1.54, 1.807) is 0 Å². The average molecular weight is 226 g/mol. The van der Waals surface area contributed by atoms with Crippen LogP contribution in [-0.2, 0) is 0 Å². The molecule has 4 N–H and O–H groups in total. The molecule has 0 bridgehead atoms. The van der Waals surface area contributed by atoms with Crippen molar-refractivity contribution in [2.24, 2.45) is 0 Å². The third kappa shape index (κ3) is 3.20. The second kappa shape index (κ2) is 5.46. The van der Waals surface area contributed by atoms with Gasteiger partial charge in [0.1, 0.15) is 5.82 Å². The first-order valence-corrected chi connectivity index (χ1v) is 5.06. The van der Waals surface area contributed by atoms with Crippen molar-refractivity contribution in [2.45, 2.75) is 19.4 Å². The third-order valence-corrected chi connectivity index (χ3v) is 2.23. The van der Waals surface area contributed by atoms with Gasteiger partial charge in [-0.25, -0.2) is 4.39 Å². The second-order valence-corrected chi connectivity index (χ2v) is 3.50. The van der Waals surface area contributed by atoms with Crippen molar-refractivity contribution in [1.29, 1.82) is 0 Å². The number of carbonyl (C=O) groups is 1. The maximum Gasteiger partial charge on any atom is 0.253 e. The van der Waals surface area contributed by atoms with Gasteiger partial charge in [0.2, 0.25) is 0 Å². The maximum absolute atomic E-state index is 12.7. The van der Waals surface area contributed by atoms with Gasteiger partial charge in [-0.3, -0.25) is 4.79 Å². The molecular weight excluding hydrogens is 211 g/mol. The van der Waals surface area contributed by atoms with Crippen molar-refractivity contribution >= 4 is 11.6 Å². The number of nitrogens with one attached hydrogen (secondary N) is 1. The molecular formula is C11H15FN2O2. The first kappa shape index (κ1) is 12.4. The Morgan fingerprint density at radius 3 is 2.88 bits per heavy atom. The van der Waals surface area contributed by atoms with Crippen LogP contribution in [0.4, 0.5) is 10.1 Å². The van der Waals surface area contributed by atoms with Crippen LogP contribution in [0.3, 0.4) is 0 Å². The first-order chi connectivity index (χ1) is 7.54. The van der Waals surface area contributed by atoms with Crippen molar-refractivity contribution in [3.8, 4) is 0 Å². The van der Waals surface area contributed by atoms with Crippen LogP contribution >= 0.6 is 0 Å². The van der Waals surface area contributed by atoms with Gasteiger partial charge in [-0.2, -0.15) is 0 Å².